The zero-order chi connectivity index (χ0) is 11.4. The smallest absolute Gasteiger partial charge is 0.162 e. The van der Waals surface area contributed by atoms with E-state index in [9.17, 15) is 4.79 Å². The Labute approximate surface area is 97.9 Å². The van der Waals surface area contributed by atoms with Gasteiger partial charge in [0, 0.05) is 12.0 Å². The van der Waals surface area contributed by atoms with Crippen molar-refractivity contribution >= 4 is 5.78 Å². The fourth-order valence-corrected chi connectivity index (χ4v) is 2.43. The minimum atomic E-state index is 0.322. The lowest BCUT2D eigenvalue weighted by Crippen LogP contribution is -2.00. The van der Waals surface area contributed by atoms with Crippen molar-refractivity contribution in [2.45, 2.75) is 51.9 Å². The van der Waals surface area contributed by atoms with Gasteiger partial charge in [-0.3, -0.25) is 4.79 Å². The summed E-state index contributed by atoms with van der Waals surface area (Å²) in [6.45, 7) is 2.17. The highest BCUT2D eigenvalue weighted by Crippen LogP contribution is 2.23. The van der Waals surface area contributed by atoms with E-state index in [1.165, 1.54) is 30.4 Å². The van der Waals surface area contributed by atoms with Gasteiger partial charge in [-0.2, -0.15) is 0 Å². The lowest BCUT2D eigenvalue weighted by atomic mass is 10.0. The quantitative estimate of drug-likeness (QED) is 0.538. The molecule has 1 aliphatic rings. The number of ketones is 1. The predicted molar refractivity (Wildman–Crippen MR) is 66.9 cm³/mol. The van der Waals surface area contributed by atoms with Crippen LogP contribution in [0.15, 0.2) is 18.2 Å². The number of Topliss-reactive ketones (excluding diaryl/α,β-unsaturated/α-hetero) is 1. The van der Waals surface area contributed by atoms with E-state index < -0.39 is 0 Å². The average Bonchev–Trinajstić information content (AvgIpc) is 2.76. The number of benzene rings is 1. The monoisotopic (exact) mass is 216 g/mol. The molecule has 0 spiro atoms. The van der Waals surface area contributed by atoms with Crippen molar-refractivity contribution < 1.29 is 4.79 Å². The van der Waals surface area contributed by atoms with Crippen LogP contribution in [0.25, 0.3) is 0 Å². The highest BCUT2D eigenvalue weighted by Gasteiger charge is 2.13. The summed E-state index contributed by atoms with van der Waals surface area (Å²) in [4.78, 5) is 11.9. The molecule has 0 heterocycles. The Kier molecular flexibility index (Phi) is 3.76. The van der Waals surface area contributed by atoms with Crippen molar-refractivity contribution in [3.05, 3.63) is 34.9 Å². The molecule has 1 nitrogen and oxygen atoms in total. The molecule has 0 radical (unpaired) electrons. The van der Waals surface area contributed by atoms with Crippen LogP contribution >= 0.6 is 0 Å². The Balaban J connectivity index is 2.01. The molecule has 1 aliphatic carbocycles. The van der Waals surface area contributed by atoms with Gasteiger partial charge >= 0.3 is 0 Å². The van der Waals surface area contributed by atoms with Crippen LogP contribution in [0.5, 0.6) is 0 Å². The van der Waals surface area contributed by atoms with Gasteiger partial charge in [-0.25, -0.2) is 0 Å². The lowest BCUT2D eigenvalue weighted by Gasteiger charge is -2.04. The Morgan fingerprint density at radius 1 is 1.19 bits per heavy atom. The molecular formula is C15H20O. The molecule has 0 aromatic heterocycles. The predicted octanol–water partition coefficient (Wildman–Crippen LogP) is 3.94. The van der Waals surface area contributed by atoms with Crippen LogP contribution in [0.1, 0.15) is 60.5 Å². The number of carbonyl (C=O) groups excluding carboxylic acids is 1. The van der Waals surface area contributed by atoms with E-state index in [2.05, 4.69) is 19.1 Å². The van der Waals surface area contributed by atoms with E-state index in [-0.39, 0.29) is 0 Å². The van der Waals surface area contributed by atoms with Crippen molar-refractivity contribution in [2.75, 3.05) is 0 Å². The third kappa shape index (κ3) is 2.52. The van der Waals surface area contributed by atoms with Gasteiger partial charge in [0.15, 0.2) is 5.78 Å². The number of unbranched alkanes of at least 4 members (excludes halogenated alkanes) is 2. The van der Waals surface area contributed by atoms with Gasteiger partial charge in [0.05, 0.1) is 0 Å². The Morgan fingerprint density at radius 3 is 2.81 bits per heavy atom. The van der Waals surface area contributed by atoms with E-state index in [0.717, 1.165) is 24.8 Å². The van der Waals surface area contributed by atoms with Gasteiger partial charge in [0.25, 0.3) is 0 Å². The minimum absolute atomic E-state index is 0.322. The third-order valence-corrected chi connectivity index (χ3v) is 3.43. The fourth-order valence-electron chi connectivity index (χ4n) is 2.43. The van der Waals surface area contributed by atoms with Gasteiger partial charge < -0.3 is 0 Å². The molecule has 1 aromatic carbocycles. The van der Waals surface area contributed by atoms with E-state index in [4.69, 9.17) is 0 Å². The van der Waals surface area contributed by atoms with Gasteiger partial charge in [0.1, 0.15) is 0 Å². The van der Waals surface area contributed by atoms with Gasteiger partial charge in [-0.15, -0.1) is 0 Å². The Hall–Kier alpha value is -1.11. The zero-order valence-electron chi connectivity index (χ0n) is 10.1. The molecule has 0 fully saturated rings. The highest BCUT2D eigenvalue weighted by atomic mass is 16.1. The van der Waals surface area contributed by atoms with Crippen molar-refractivity contribution in [3.63, 3.8) is 0 Å². The molecule has 86 valence electrons. The second kappa shape index (κ2) is 5.29. The van der Waals surface area contributed by atoms with E-state index >= 15 is 0 Å². The molecule has 0 amide bonds. The van der Waals surface area contributed by atoms with Crippen molar-refractivity contribution in [1.82, 2.24) is 0 Å². The Morgan fingerprint density at radius 2 is 2.00 bits per heavy atom. The zero-order valence-corrected chi connectivity index (χ0v) is 10.1. The summed E-state index contributed by atoms with van der Waals surface area (Å²) in [6, 6.07) is 6.28. The molecule has 0 unspecified atom stereocenters. The first kappa shape index (κ1) is 11.4. The van der Waals surface area contributed by atoms with Crippen molar-refractivity contribution in [1.29, 1.82) is 0 Å². The summed E-state index contributed by atoms with van der Waals surface area (Å²) in [6.07, 6.45) is 7.70. The first-order valence-electron chi connectivity index (χ1n) is 6.46. The largest absolute Gasteiger partial charge is 0.294 e. The molecule has 0 atom stereocenters. The van der Waals surface area contributed by atoms with Crippen LogP contribution < -0.4 is 0 Å². The normalized spacial score (nSPS) is 13.8. The molecule has 0 N–H and O–H groups in total. The summed E-state index contributed by atoms with van der Waals surface area (Å²) in [5, 5.41) is 0. The standard InChI is InChI=1S/C15H20O/c1-2-3-4-8-15(16)14-10-9-12-6-5-7-13(12)11-14/h9-11H,2-8H2,1H3. The van der Waals surface area contributed by atoms with Gasteiger partial charge in [0.2, 0.25) is 0 Å². The first-order chi connectivity index (χ1) is 7.81. The number of carbonyl (C=O) groups is 1. The summed E-state index contributed by atoms with van der Waals surface area (Å²) >= 11 is 0. The summed E-state index contributed by atoms with van der Waals surface area (Å²) < 4.78 is 0. The van der Waals surface area contributed by atoms with Gasteiger partial charge in [-0.05, 0) is 42.9 Å². The van der Waals surface area contributed by atoms with Crippen molar-refractivity contribution in [3.8, 4) is 0 Å². The molecular weight excluding hydrogens is 196 g/mol. The number of fused-ring (bicyclic) bond motifs is 1. The number of aryl methyl sites for hydroxylation is 2. The number of rotatable bonds is 5. The molecule has 0 bridgehead atoms. The molecule has 0 saturated carbocycles. The lowest BCUT2D eigenvalue weighted by molar-refractivity contribution is 0.0979. The highest BCUT2D eigenvalue weighted by molar-refractivity contribution is 5.96. The maximum Gasteiger partial charge on any atom is 0.162 e. The summed E-state index contributed by atoms with van der Waals surface area (Å²) in [7, 11) is 0. The van der Waals surface area contributed by atoms with E-state index in [1.54, 1.807) is 0 Å². The van der Waals surface area contributed by atoms with Crippen LogP contribution in [0.3, 0.4) is 0 Å². The van der Waals surface area contributed by atoms with E-state index in [0.29, 0.717) is 12.2 Å². The first-order valence-corrected chi connectivity index (χ1v) is 6.46. The molecule has 16 heavy (non-hydrogen) atoms. The van der Waals surface area contributed by atoms with Crippen LogP contribution in [0.4, 0.5) is 0 Å². The topological polar surface area (TPSA) is 17.1 Å². The second-order valence-electron chi connectivity index (χ2n) is 4.72. The molecule has 0 saturated heterocycles. The van der Waals surface area contributed by atoms with Crippen LogP contribution in [0, 0.1) is 0 Å². The molecule has 1 aromatic rings. The van der Waals surface area contributed by atoms with E-state index in [1.807, 2.05) is 6.07 Å². The summed E-state index contributed by atoms with van der Waals surface area (Å²) in [5.41, 5.74) is 3.78. The second-order valence-corrected chi connectivity index (χ2v) is 4.72. The molecule has 1 heteroatoms. The van der Waals surface area contributed by atoms with Crippen LogP contribution in [0.2, 0.25) is 0 Å². The maximum atomic E-state index is 11.9. The average molecular weight is 216 g/mol. The number of hydrogen-bond donors (Lipinski definition) is 0. The third-order valence-electron chi connectivity index (χ3n) is 3.43. The summed E-state index contributed by atoms with van der Waals surface area (Å²) in [5.74, 6) is 0.322. The molecule has 0 aliphatic heterocycles. The minimum Gasteiger partial charge on any atom is -0.294 e. The molecule has 2 rings (SSSR count). The maximum absolute atomic E-state index is 11.9. The van der Waals surface area contributed by atoms with Gasteiger partial charge in [-0.1, -0.05) is 31.9 Å². The fraction of sp³-hybridized carbons (Fsp3) is 0.533. The van der Waals surface area contributed by atoms with Crippen molar-refractivity contribution in [2.24, 2.45) is 0 Å². The Bertz CT molecular complexity index is 379. The SMILES string of the molecule is CCCCCC(=O)c1ccc2c(c1)CCC2. The van der Waals surface area contributed by atoms with Crippen LogP contribution in [-0.2, 0) is 12.8 Å². The van der Waals surface area contributed by atoms with Crippen LogP contribution in [-0.4, -0.2) is 5.78 Å². The number of hydrogen-bond acceptors (Lipinski definition) is 1.